The van der Waals surface area contributed by atoms with Crippen molar-refractivity contribution in [2.24, 2.45) is 5.92 Å². The Morgan fingerprint density at radius 3 is 2.42 bits per heavy atom. The van der Waals surface area contributed by atoms with Crippen LogP contribution in [0.25, 0.3) is 0 Å². The molecule has 0 unspecified atom stereocenters. The van der Waals surface area contributed by atoms with Crippen molar-refractivity contribution in [3.63, 3.8) is 0 Å². The summed E-state index contributed by atoms with van der Waals surface area (Å²) in [6.07, 6.45) is 8.35. The van der Waals surface area contributed by atoms with Gasteiger partial charge in [-0.15, -0.1) is 0 Å². The molecule has 3 rings (SSSR count). The molecule has 2 heteroatoms. The lowest BCUT2D eigenvalue weighted by atomic mass is 9.88. The van der Waals surface area contributed by atoms with E-state index in [2.05, 4.69) is 35.6 Å². The number of carbonyl (C=O) groups excluding carboxylic acids is 1. The summed E-state index contributed by atoms with van der Waals surface area (Å²) in [5.74, 6) is 0.572. The maximum absolute atomic E-state index is 12.2. The summed E-state index contributed by atoms with van der Waals surface area (Å²) in [5, 5.41) is 3.21. The van der Waals surface area contributed by atoms with Crippen LogP contribution in [-0.4, -0.2) is 12.5 Å². The molecule has 2 aliphatic rings. The van der Waals surface area contributed by atoms with Crippen molar-refractivity contribution in [1.29, 1.82) is 0 Å². The number of benzene rings is 1. The molecule has 2 aliphatic carbocycles. The number of nitrogens with one attached hydrogen (secondary N) is 1. The van der Waals surface area contributed by atoms with Crippen molar-refractivity contribution >= 4 is 5.91 Å². The summed E-state index contributed by atoms with van der Waals surface area (Å²) in [6, 6.07) is 10.6. The fourth-order valence-corrected chi connectivity index (χ4v) is 3.28. The quantitative estimate of drug-likeness (QED) is 0.880. The van der Waals surface area contributed by atoms with E-state index in [1.54, 1.807) is 0 Å². The minimum absolute atomic E-state index is 0.242. The zero-order chi connectivity index (χ0) is 13.1. The van der Waals surface area contributed by atoms with Gasteiger partial charge in [0, 0.05) is 17.9 Å². The van der Waals surface area contributed by atoms with E-state index in [9.17, 15) is 4.79 Å². The van der Waals surface area contributed by atoms with E-state index in [-0.39, 0.29) is 11.3 Å². The summed E-state index contributed by atoms with van der Waals surface area (Å²) in [5.41, 5.74) is 1.63. The van der Waals surface area contributed by atoms with Gasteiger partial charge in [-0.3, -0.25) is 4.79 Å². The first-order valence-electron chi connectivity index (χ1n) is 7.63. The normalized spacial score (nSPS) is 21.9. The van der Waals surface area contributed by atoms with Crippen LogP contribution >= 0.6 is 0 Å². The molecule has 1 N–H and O–H groups in total. The average molecular weight is 257 g/mol. The largest absolute Gasteiger partial charge is 0.355 e. The summed E-state index contributed by atoms with van der Waals surface area (Å²) < 4.78 is 0. The lowest BCUT2D eigenvalue weighted by molar-refractivity contribution is -0.126. The highest BCUT2D eigenvalue weighted by molar-refractivity contribution is 5.78. The van der Waals surface area contributed by atoms with Gasteiger partial charge in [0.05, 0.1) is 0 Å². The highest BCUT2D eigenvalue weighted by Crippen LogP contribution is 2.47. The van der Waals surface area contributed by atoms with Gasteiger partial charge in [-0.2, -0.15) is 0 Å². The third-order valence-electron chi connectivity index (χ3n) is 4.82. The molecule has 1 aromatic rings. The van der Waals surface area contributed by atoms with Gasteiger partial charge in [0.15, 0.2) is 0 Å². The Balaban J connectivity index is 1.56. The lowest BCUT2D eigenvalue weighted by Crippen LogP contribution is -2.37. The first-order valence-corrected chi connectivity index (χ1v) is 7.63. The van der Waals surface area contributed by atoms with Crippen LogP contribution in [0.1, 0.15) is 50.5 Å². The second-order valence-electron chi connectivity index (χ2n) is 6.20. The van der Waals surface area contributed by atoms with Gasteiger partial charge in [-0.1, -0.05) is 49.6 Å². The molecule has 0 heterocycles. The Morgan fingerprint density at radius 1 is 1.11 bits per heavy atom. The first kappa shape index (κ1) is 12.7. The second-order valence-corrected chi connectivity index (χ2v) is 6.20. The second kappa shape index (κ2) is 5.36. The van der Waals surface area contributed by atoms with Crippen molar-refractivity contribution in [2.75, 3.05) is 6.54 Å². The van der Waals surface area contributed by atoms with Gasteiger partial charge >= 0.3 is 0 Å². The number of rotatable bonds is 4. The molecule has 0 saturated heterocycles. The van der Waals surface area contributed by atoms with Gasteiger partial charge in [-0.05, 0) is 31.2 Å². The van der Waals surface area contributed by atoms with Crippen LogP contribution in [0.5, 0.6) is 0 Å². The van der Waals surface area contributed by atoms with Crippen LogP contribution < -0.4 is 5.32 Å². The molecule has 1 amide bonds. The number of amides is 1. The van der Waals surface area contributed by atoms with E-state index in [1.807, 2.05) is 0 Å². The molecule has 2 fully saturated rings. The SMILES string of the molecule is O=C(NCC1(c2ccccc2)CC1)C1CCCCC1. The van der Waals surface area contributed by atoms with Crippen LogP contribution in [0.2, 0.25) is 0 Å². The predicted octanol–water partition coefficient (Wildman–Crippen LogP) is 3.41. The van der Waals surface area contributed by atoms with Crippen molar-refractivity contribution in [2.45, 2.75) is 50.4 Å². The van der Waals surface area contributed by atoms with Crippen LogP contribution in [0.4, 0.5) is 0 Å². The minimum atomic E-state index is 0.242. The predicted molar refractivity (Wildman–Crippen MR) is 76.9 cm³/mol. The molecule has 0 spiro atoms. The minimum Gasteiger partial charge on any atom is -0.355 e. The van der Waals surface area contributed by atoms with E-state index in [0.29, 0.717) is 5.91 Å². The summed E-state index contributed by atoms with van der Waals surface area (Å²) >= 11 is 0. The molecule has 102 valence electrons. The van der Waals surface area contributed by atoms with Crippen molar-refractivity contribution in [3.05, 3.63) is 35.9 Å². The monoisotopic (exact) mass is 257 g/mol. The molecule has 0 atom stereocenters. The molecule has 19 heavy (non-hydrogen) atoms. The van der Waals surface area contributed by atoms with Gasteiger partial charge in [-0.25, -0.2) is 0 Å². The Hall–Kier alpha value is -1.31. The summed E-state index contributed by atoms with van der Waals surface area (Å²) in [6.45, 7) is 0.826. The van der Waals surface area contributed by atoms with Crippen molar-refractivity contribution in [1.82, 2.24) is 5.32 Å². The van der Waals surface area contributed by atoms with Gasteiger partial charge in [0.25, 0.3) is 0 Å². The number of carbonyl (C=O) groups is 1. The van der Waals surface area contributed by atoms with Gasteiger partial charge < -0.3 is 5.32 Å². The first-order chi connectivity index (χ1) is 9.30. The Kier molecular flexibility index (Phi) is 3.58. The van der Waals surface area contributed by atoms with E-state index < -0.39 is 0 Å². The molecule has 0 aromatic heterocycles. The zero-order valence-corrected chi connectivity index (χ0v) is 11.5. The van der Waals surface area contributed by atoms with Gasteiger partial charge in [0.2, 0.25) is 5.91 Å². The van der Waals surface area contributed by atoms with E-state index in [1.165, 1.54) is 37.7 Å². The maximum atomic E-state index is 12.2. The smallest absolute Gasteiger partial charge is 0.223 e. The summed E-state index contributed by atoms with van der Waals surface area (Å²) in [4.78, 5) is 12.2. The van der Waals surface area contributed by atoms with Crippen LogP contribution in [0.3, 0.4) is 0 Å². The van der Waals surface area contributed by atoms with Crippen LogP contribution in [0, 0.1) is 5.92 Å². The van der Waals surface area contributed by atoms with Crippen LogP contribution in [0.15, 0.2) is 30.3 Å². The highest BCUT2D eigenvalue weighted by Gasteiger charge is 2.44. The van der Waals surface area contributed by atoms with E-state index in [4.69, 9.17) is 0 Å². The Morgan fingerprint density at radius 2 is 1.79 bits per heavy atom. The molecule has 0 aliphatic heterocycles. The molecular weight excluding hydrogens is 234 g/mol. The maximum Gasteiger partial charge on any atom is 0.223 e. The third-order valence-corrected chi connectivity index (χ3v) is 4.82. The van der Waals surface area contributed by atoms with Gasteiger partial charge in [0.1, 0.15) is 0 Å². The number of hydrogen-bond acceptors (Lipinski definition) is 1. The standard InChI is InChI=1S/C17H23NO/c19-16(14-7-3-1-4-8-14)18-13-17(11-12-17)15-9-5-2-6-10-15/h2,5-6,9-10,14H,1,3-4,7-8,11-13H2,(H,18,19). The fraction of sp³-hybridized carbons (Fsp3) is 0.588. The van der Waals surface area contributed by atoms with E-state index >= 15 is 0 Å². The average Bonchev–Trinajstić information content (AvgIpc) is 3.28. The Labute approximate surface area is 115 Å². The number of hydrogen-bond donors (Lipinski definition) is 1. The Bertz CT molecular complexity index is 430. The van der Waals surface area contributed by atoms with E-state index in [0.717, 1.165) is 19.4 Å². The summed E-state index contributed by atoms with van der Waals surface area (Å²) in [7, 11) is 0. The molecule has 2 nitrogen and oxygen atoms in total. The van der Waals surface area contributed by atoms with Crippen molar-refractivity contribution in [3.8, 4) is 0 Å². The molecule has 0 radical (unpaired) electrons. The highest BCUT2D eigenvalue weighted by atomic mass is 16.1. The molecule has 2 saturated carbocycles. The zero-order valence-electron chi connectivity index (χ0n) is 11.5. The van der Waals surface area contributed by atoms with Crippen molar-refractivity contribution < 1.29 is 4.79 Å². The molecule has 1 aromatic carbocycles. The van der Waals surface area contributed by atoms with Crippen LogP contribution in [-0.2, 0) is 10.2 Å². The lowest BCUT2D eigenvalue weighted by Gasteiger charge is -2.23. The molecule has 0 bridgehead atoms. The molecular formula is C17H23NO. The fourth-order valence-electron chi connectivity index (χ4n) is 3.28. The topological polar surface area (TPSA) is 29.1 Å². The third kappa shape index (κ3) is 2.83.